The molecule has 6 nitrogen and oxygen atoms in total. The van der Waals surface area contributed by atoms with Crippen molar-refractivity contribution in [3.63, 3.8) is 0 Å². The summed E-state index contributed by atoms with van der Waals surface area (Å²) in [6, 6.07) is 11.0. The van der Waals surface area contributed by atoms with E-state index in [1.165, 1.54) is 52.8 Å². The molecule has 0 bridgehead atoms. The van der Waals surface area contributed by atoms with E-state index in [2.05, 4.69) is 5.32 Å². The van der Waals surface area contributed by atoms with Crippen LogP contribution in [0.4, 0.5) is 14.5 Å². The zero-order valence-electron chi connectivity index (χ0n) is 15.6. The van der Waals surface area contributed by atoms with E-state index >= 15 is 0 Å². The Hall–Kier alpha value is -2.36. The van der Waals surface area contributed by atoms with Crippen molar-refractivity contribution in [2.24, 2.45) is 5.92 Å². The molecule has 2 aromatic carbocycles. The maximum Gasteiger partial charge on any atom is 0.263 e. The van der Waals surface area contributed by atoms with Gasteiger partial charge in [-0.2, -0.15) is 4.31 Å². The van der Waals surface area contributed by atoms with Crippen LogP contribution in [0.1, 0.15) is 35.2 Å². The summed E-state index contributed by atoms with van der Waals surface area (Å²) in [6.45, 7) is 0.658. The van der Waals surface area contributed by atoms with Crippen molar-refractivity contribution in [3.05, 3.63) is 59.7 Å². The van der Waals surface area contributed by atoms with Gasteiger partial charge in [-0.25, -0.2) is 17.2 Å². The van der Waals surface area contributed by atoms with Crippen LogP contribution in [0.25, 0.3) is 0 Å². The first-order chi connectivity index (χ1) is 13.8. The number of aliphatic hydroxyl groups excluding tert-OH is 1. The number of anilines is 1. The number of benzene rings is 2. The van der Waals surface area contributed by atoms with Gasteiger partial charge in [0.25, 0.3) is 12.3 Å². The first-order valence-electron chi connectivity index (χ1n) is 9.22. The van der Waals surface area contributed by atoms with E-state index in [0.717, 1.165) is 0 Å². The number of amides is 1. The lowest BCUT2D eigenvalue weighted by Crippen LogP contribution is -2.39. The summed E-state index contributed by atoms with van der Waals surface area (Å²) in [6.07, 6.45) is -1.50. The lowest BCUT2D eigenvalue weighted by molar-refractivity contribution is 0.102. The molecule has 29 heavy (non-hydrogen) atoms. The van der Waals surface area contributed by atoms with Gasteiger partial charge in [-0.3, -0.25) is 4.79 Å². The maximum absolute atomic E-state index is 12.9. The van der Waals surface area contributed by atoms with Crippen molar-refractivity contribution >= 4 is 21.6 Å². The first kappa shape index (κ1) is 21.4. The van der Waals surface area contributed by atoms with Gasteiger partial charge in [0.05, 0.1) is 4.90 Å². The Balaban J connectivity index is 1.76. The van der Waals surface area contributed by atoms with E-state index in [4.69, 9.17) is 0 Å². The summed E-state index contributed by atoms with van der Waals surface area (Å²) in [7, 11) is -3.77. The number of halogens is 2. The molecule has 0 aromatic heterocycles. The second-order valence-electron chi connectivity index (χ2n) is 6.94. The quantitative estimate of drug-likeness (QED) is 0.745. The average molecular weight is 424 g/mol. The van der Waals surface area contributed by atoms with Crippen LogP contribution >= 0.6 is 0 Å². The molecule has 0 saturated carbocycles. The number of sulfonamides is 1. The Morgan fingerprint density at radius 1 is 1.14 bits per heavy atom. The highest BCUT2D eigenvalue weighted by atomic mass is 32.2. The molecule has 1 fully saturated rings. The normalized spacial score (nSPS) is 16.1. The second-order valence-corrected chi connectivity index (χ2v) is 8.88. The highest BCUT2D eigenvalue weighted by molar-refractivity contribution is 7.89. The number of carbonyl (C=O) groups is 1. The molecule has 0 radical (unpaired) electrons. The molecule has 1 heterocycles. The maximum atomic E-state index is 12.9. The van der Waals surface area contributed by atoms with Crippen molar-refractivity contribution in [1.29, 1.82) is 0 Å². The van der Waals surface area contributed by atoms with Crippen molar-refractivity contribution in [2.75, 3.05) is 25.0 Å². The summed E-state index contributed by atoms with van der Waals surface area (Å²) in [4.78, 5) is 12.5. The number of rotatable bonds is 6. The Morgan fingerprint density at radius 3 is 2.48 bits per heavy atom. The zero-order valence-corrected chi connectivity index (χ0v) is 16.4. The summed E-state index contributed by atoms with van der Waals surface area (Å²) >= 11 is 0. The second kappa shape index (κ2) is 8.98. The van der Waals surface area contributed by atoms with Crippen LogP contribution in [0.3, 0.4) is 0 Å². The first-order valence-corrected chi connectivity index (χ1v) is 10.7. The van der Waals surface area contributed by atoms with Gasteiger partial charge in [-0.15, -0.1) is 0 Å². The fourth-order valence-electron chi connectivity index (χ4n) is 3.23. The smallest absolute Gasteiger partial charge is 0.263 e. The van der Waals surface area contributed by atoms with Crippen molar-refractivity contribution in [1.82, 2.24) is 4.31 Å². The summed E-state index contributed by atoms with van der Waals surface area (Å²) < 4.78 is 52.8. The third kappa shape index (κ3) is 4.98. The third-order valence-electron chi connectivity index (χ3n) is 4.96. The number of alkyl halides is 2. The van der Waals surface area contributed by atoms with Crippen LogP contribution in [0, 0.1) is 5.92 Å². The Bertz CT molecular complexity index is 974. The molecule has 1 aliphatic heterocycles. The molecule has 9 heteroatoms. The fourth-order valence-corrected chi connectivity index (χ4v) is 4.75. The third-order valence-corrected chi connectivity index (χ3v) is 6.86. The highest BCUT2D eigenvalue weighted by Gasteiger charge is 2.29. The number of carbonyl (C=O) groups excluding carboxylic acids is 1. The van der Waals surface area contributed by atoms with Gasteiger partial charge in [0.1, 0.15) is 0 Å². The van der Waals surface area contributed by atoms with Crippen LogP contribution in [0.5, 0.6) is 0 Å². The molecule has 2 N–H and O–H groups in total. The minimum Gasteiger partial charge on any atom is -0.396 e. The predicted octanol–water partition coefficient (Wildman–Crippen LogP) is 3.27. The molecule has 3 rings (SSSR count). The van der Waals surface area contributed by atoms with Gasteiger partial charge in [-0.05, 0) is 49.1 Å². The summed E-state index contributed by atoms with van der Waals surface area (Å²) in [5.74, 6) is -0.491. The van der Waals surface area contributed by atoms with Gasteiger partial charge in [0.15, 0.2) is 0 Å². The minimum atomic E-state index is -3.77. The zero-order chi connectivity index (χ0) is 21.0. The molecular weight excluding hydrogens is 402 g/mol. The van der Waals surface area contributed by atoms with E-state index < -0.39 is 22.4 Å². The Labute approximate surface area is 168 Å². The molecule has 0 aliphatic carbocycles. The molecule has 1 amide bonds. The van der Waals surface area contributed by atoms with Crippen LogP contribution in [0.15, 0.2) is 53.4 Å². The topological polar surface area (TPSA) is 86.7 Å². The summed E-state index contributed by atoms with van der Waals surface area (Å²) in [5.41, 5.74) is 0.0938. The van der Waals surface area contributed by atoms with E-state index in [9.17, 15) is 27.1 Å². The van der Waals surface area contributed by atoms with Gasteiger partial charge in [0, 0.05) is 36.5 Å². The monoisotopic (exact) mass is 424 g/mol. The fraction of sp³-hybridized carbons (Fsp3) is 0.350. The number of nitrogens with zero attached hydrogens (tertiary/aromatic N) is 1. The van der Waals surface area contributed by atoms with Crippen molar-refractivity contribution in [2.45, 2.75) is 24.2 Å². The number of aliphatic hydroxyl groups is 1. The molecule has 2 aromatic rings. The van der Waals surface area contributed by atoms with E-state index in [1.807, 2.05) is 0 Å². The molecule has 0 atom stereocenters. The number of hydrogen-bond donors (Lipinski definition) is 2. The SMILES string of the molecule is O=C(Nc1cccc(C(F)F)c1)c1cccc(S(=O)(=O)N2CCC(CO)CC2)c1. The van der Waals surface area contributed by atoms with Gasteiger partial charge >= 0.3 is 0 Å². The van der Waals surface area contributed by atoms with E-state index in [1.54, 1.807) is 0 Å². The number of hydrogen-bond acceptors (Lipinski definition) is 4. The highest BCUT2D eigenvalue weighted by Crippen LogP contribution is 2.25. The van der Waals surface area contributed by atoms with Gasteiger partial charge in [0.2, 0.25) is 10.0 Å². The van der Waals surface area contributed by atoms with Gasteiger partial charge in [-0.1, -0.05) is 18.2 Å². The molecule has 0 spiro atoms. The lowest BCUT2D eigenvalue weighted by atomic mass is 10.00. The Morgan fingerprint density at radius 2 is 1.83 bits per heavy atom. The average Bonchev–Trinajstić information content (AvgIpc) is 2.74. The Kier molecular flexibility index (Phi) is 6.61. The van der Waals surface area contributed by atoms with E-state index in [0.29, 0.717) is 25.9 Å². The number of piperidine rings is 1. The molecule has 156 valence electrons. The number of nitrogens with one attached hydrogen (secondary N) is 1. The molecule has 1 saturated heterocycles. The van der Waals surface area contributed by atoms with E-state index in [-0.39, 0.29) is 34.2 Å². The largest absolute Gasteiger partial charge is 0.396 e. The van der Waals surface area contributed by atoms with Crippen LogP contribution in [-0.2, 0) is 10.0 Å². The lowest BCUT2D eigenvalue weighted by Gasteiger charge is -2.30. The van der Waals surface area contributed by atoms with Crippen molar-refractivity contribution in [3.8, 4) is 0 Å². The summed E-state index contributed by atoms with van der Waals surface area (Å²) in [5, 5.41) is 11.7. The van der Waals surface area contributed by atoms with Crippen LogP contribution < -0.4 is 5.32 Å². The standard InChI is InChI=1S/C20H22F2N2O4S/c21-19(22)15-3-1-5-17(11-15)23-20(26)16-4-2-6-18(12-16)29(27,28)24-9-7-14(13-25)8-10-24/h1-6,11-12,14,19,25H,7-10,13H2,(H,23,26). The molecule has 0 unspecified atom stereocenters. The predicted molar refractivity (Wildman–Crippen MR) is 104 cm³/mol. The minimum absolute atomic E-state index is 0.00562. The molecular formula is C20H22F2N2O4S. The van der Waals surface area contributed by atoms with Crippen LogP contribution in [0.2, 0.25) is 0 Å². The van der Waals surface area contributed by atoms with Gasteiger partial charge < -0.3 is 10.4 Å². The van der Waals surface area contributed by atoms with Crippen LogP contribution in [-0.4, -0.2) is 43.4 Å². The van der Waals surface area contributed by atoms with Crippen molar-refractivity contribution < 1.29 is 27.1 Å². The molecule has 1 aliphatic rings.